The van der Waals surface area contributed by atoms with Crippen molar-refractivity contribution in [2.45, 2.75) is 13.5 Å². The van der Waals surface area contributed by atoms with Crippen LogP contribution in [-0.4, -0.2) is 56.5 Å². The number of ether oxygens (including phenoxy) is 1. The molecule has 0 spiro atoms. The SMILES string of the molecule is COc1ccccc1CNC(=O)C[NH+]1CCN(C(C)=O)CC1. The number of nitrogens with zero attached hydrogens (tertiary/aromatic N) is 1. The molecule has 6 heteroatoms. The molecule has 0 aliphatic carbocycles. The second kappa shape index (κ2) is 7.79. The van der Waals surface area contributed by atoms with Crippen molar-refractivity contribution in [2.24, 2.45) is 0 Å². The molecule has 0 atom stereocenters. The van der Waals surface area contributed by atoms with Crippen molar-refractivity contribution in [3.05, 3.63) is 29.8 Å². The summed E-state index contributed by atoms with van der Waals surface area (Å²) in [5.41, 5.74) is 0.967. The maximum atomic E-state index is 12.0. The zero-order chi connectivity index (χ0) is 15.9. The molecule has 1 aromatic rings. The lowest BCUT2D eigenvalue weighted by Crippen LogP contribution is -3.15. The molecule has 0 radical (unpaired) electrons. The summed E-state index contributed by atoms with van der Waals surface area (Å²) in [6.45, 7) is 5.60. The summed E-state index contributed by atoms with van der Waals surface area (Å²) in [6.07, 6.45) is 0. The molecule has 1 fully saturated rings. The Kier molecular flexibility index (Phi) is 5.77. The van der Waals surface area contributed by atoms with Crippen molar-refractivity contribution in [1.82, 2.24) is 10.2 Å². The van der Waals surface area contributed by atoms with E-state index in [1.54, 1.807) is 14.0 Å². The fourth-order valence-electron chi connectivity index (χ4n) is 2.65. The molecule has 1 aliphatic rings. The minimum absolute atomic E-state index is 0.0252. The zero-order valence-electron chi connectivity index (χ0n) is 13.2. The molecule has 1 aliphatic heterocycles. The number of hydrogen-bond donors (Lipinski definition) is 2. The minimum atomic E-state index is 0.0252. The van der Waals surface area contributed by atoms with E-state index in [4.69, 9.17) is 4.74 Å². The molecule has 120 valence electrons. The van der Waals surface area contributed by atoms with Crippen LogP contribution < -0.4 is 15.0 Å². The first-order valence-corrected chi connectivity index (χ1v) is 7.58. The largest absolute Gasteiger partial charge is 0.496 e. The fourth-order valence-corrected chi connectivity index (χ4v) is 2.65. The Morgan fingerprint density at radius 1 is 1.27 bits per heavy atom. The van der Waals surface area contributed by atoms with Crippen molar-refractivity contribution in [3.8, 4) is 5.75 Å². The molecule has 1 heterocycles. The van der Waals surface area contributed by atoms with Gasteiger partial charge in [-0.25, -0.2) is 0 Å². The van der Waals surface area contributed by atoms with Crippen LogP contribution >= 0.6 is 0 Å². The van der Waals surface area contributed by atoms with Crippen molar-refractivity contribution < 1.29 is 19.2 Å². The van der Waals surface area contributed by atoms with Crippen molar-refractivity contribution in [1.29, 1.82) is 0 Å². The Hall–Kier alpha value is -2.08. The molecule has 2 N–H and O–H groups in total. The molecule has 1 aromatic carbocycles. The normalized spacial score (nSPS) is 15.5. The van der Waals surface area contributed by atoms with Crippen molar-refractivity contribution >= 4 is 11.8 Å². The Morgan fingerprint density at radius 3 is 2.59 bits per heavy atom. The van der Waals surface area contributed by atoms with Crippen molar-refractivity contribution in [2.75, 3.05) is 39.8 Å². The standard InChI is InChI=1S/C16H23N3O3/c1-13(20)19-9-7-18(8-10-19)12-16(21)17-11-14-5-3-4-6-15(14)22-2/h3-6H,7-12H2,1-2H3,(H,17,21)/p+1. The van der Waals surface area contributed by atoms with Gasteiger partial charge in [-0.3, -0.25) is 9.59 Å². The Bertz CT molecular complexity index is 525. The van der Waals surface area contributed by atoms with E-state index in [-0.39, 0.29) is 11.8 Å². The van der Waals surface area contributed by atoms with Crippen LogP contribution in [0.3, 0.4) is 0 Å². The number of carbonyl (C=O) groups excluding carboxylic acids is 2. The minimum Gasteiger partial charge on any atom is -0.496 e. The van der Waals surface area contributed by atoms with E-state index >= 15 is 0 Å². The van der Waals surface area contributed by atoms with Gasteiger partial charge in [-0.1, -0.05) is 18.2 Å². The molecular formula is C16H24N3O3+. The summed E-state index contributed by atoms with van der Waals surface area (Å²) in [7, 11) is 1.62. The third-order valence-electron chi connectivity index (χ3n) is 3.99. The number of amides is 2. The summed E-state index contributed by atoms with van der Waals surface area (Å²) in [6, 6.07) is 7.66. The molecule has 1 saturated heterocycles. The van der Waals surface area contributed by atoms with Gasteiger partial charge in [0, 0.05) is 19.0 Å². The Morgan fingerprint density at radius 2 is 1.95 bits per heavy atom. The van der Waals surface area contributed by atoms with Crippen LogP contribution in [0.25, 0.3) is 0 Å². The summed E-state index contributed by atoms with van der Waals surface area (Å²) < 4.78 is 5.27. The number of carbonyl (C=O) groups is 2. The maximum absolute atomic E-state index is 12.0. The number of nitrogens with one attached hydrogen (secondary N) is 2. The summed E-state index contributed by atoms with van der Waals surface area (Å²) >= 11 is 0. The summed E-state index contributed by atoms with van der Waals surface area (Å²) in [5.74, 6) is 0.919. The molecule has 22 heavy (non-hydrogen) atoms. The van der Waals surface area contributed by atoms with Gasteiger partial charge in [0.05, 0.1) is 33.3 Å². The van der Waals surface area contributed by atoms with Gasteiger partial charge in [-0.05, 0) is 6.07 Å². The van der Waals surface area contributed by atoms with Crippen LogP contribution in [0.2, 0.25) is 0 Å². The van der Waals surface area contributed by atoms with E-state index in [1.807, 2.05) is 29.2 Å². The number of quaternary nitrogens is 1. The highest BCUT2D eigenvalue weighted by Crippen LogP contribution is 2.16. The molecule has 0 bridgehead atoms. The second-order valence-corrected chi connectivity index (χ2v) is 5.52. The van der Waals surface area contributed by atoms with Gasteiger partial charge in [-0.15, -0.1) is 0 Å². The number of piperazine rings is 1. The van der Waals surface area contributed by atoms with Crippen LogP contribution in [-0.2, 0) is 16.1 Å². The maximum Gasteiger partial charge on any atom is 0.275 e. The van der Waals surface area contributed by atoms with E-state index < -0.39 is 0 Å². The molecule has 0 unspecified atom stereocenters. The molecule has 2 amide bonds. The van der Waals surface area contributed by atoms with Gasteiger partial charge >= 0.3 is 0 Å². The van der Waals surface area contributed by atoms with Gasteiger partial charge in [-0.2, -0.15) is 0 Å². The van der Waals surface area contributed by atoms with Gasteiger partial charge in [0.1, 0.15) is 5.75 Å². The highest BCUT2D eigenvalue weighted by atomic mass is 16.5. The van der Waals surface area contributed by atoms with E-state index in [1.165, 1.54) is 4.90 Å². The second-order valence-electron chi connectivity index (χ2n) is 5.52. The van der Waals surface area contributed by atoms with Crippen molar-refractivity contribution in [3.63, 3.8) is 0 Å². The van der Waals surface area contributed by atoms with Crippen LogP contribution in [0.4, 0.5) is 0 Å². The first-order chi connectivity index (χ1) is 10.6. The van der Waals surface area contributed by atoms with E-state index in [0.717, 1.165) is 37.5 Å². The fraction of sp³-hybridized carbons (Fsp3) is 0.500. The van der Waals surface area contributed by atoms with Gasteiger partial charge in [0.2, 0.25) is 5.91 Å². The third kappa shape index (κ3) is 4.46. The predicted octanol–water partition coefficient (Wildman–Crippen LogP) is -0.942. The number of para-hydroxylation sites is 1. The van der Waals surface area contributed by atoms with Crippen LogP contribution in [0.1, 0.15) is 12.5 Å². The number of rotatable bonds is 5. The van der Waals surface area contributed by atoms with E-state index in [9.17, 15) is 9.59 Å². The average molecular weight is 306 g/mol. The van der Waals surface area contributed by atoms with E-state index in [2.05, 4.69) is 5.32 Å². The smallest absolute Gasteiger partial charge is 0.275 e. The zero-order valence-corrected chi connectivity index (χ0v) is 13.2. The van der Waals surface area contributed by atoms with Crippen LogP contribution in [0.5, 0.6) is 5.75 Å². The van der Waals surface area contributed by atoms with Crippen LogP contribution in [0.15, 0.2) is 24.3 Å². The Labute approximate surface area is 131 Å². The quantitative estimate of drug-likeness (QED) is 0.738. The number of methoxy groups -OCH3 is 1. The number of hydrogen-bond acceptors (Lipinski definition) is 3. The predicted molar refractivity (Wildman–Crippen MR) is 82.7 cm³/mol. The van der Waals surface area contributed by atoms with Gasteiger partial charge in [0.25, 0.3) is 5.91 Å². The lowest BCUT2D eigenvalue weighted by molar-refractivity contribution is -0.896. The lowest BCUT2D eigenvalue weighted by Gasteiger charge is -2.31. The van der Waals surface area contributed by atoms with Gasteiger partial charge in [0.15, 0.2) is 6.54 Å². The monoisotopic (exact) mass is 306 g/mol. The topological polar surface area (TPSA) is 63.1 Å². The molecule has 0 saturated carbocycles. The highest BCUT2D eigenvalue weighted by Gasteiger charge is 2.23. The van der Waals surface area contributed by atoms with Gasteiger partial charge < -0.3 is 19.9 Å². The first-order valence-electron chi connectivity index (χ1n) is 7.58. The highest BCUT2D eigenvalue weighted by molar-refractivity contribution is 5.77. The average Bonchev–Trinajstić information content (AvgIpc) is 2.53. The lowest BCUT2D eigenvalue weighted by atomic mass is 10.2. The van der Waals surface area contributed by atoms with E-state index in [0.29, 0.717) is 13.1 Å². The van der Waals surface area contributed by atoms with Crippen LogP contribution in [0, 0.1) is 0 Å². The molecule has 6 nitrogen and oxygen atoms in total. The summed E-state index contributed by atoms with van der Waals surface area (Å²) in [4.78, 5) is 26.4. The molecular weight excluding hydrogens is 282 g/mol. The molecule has 2 rings (SSSR count). The number of benzene rings is 1. The Balaban J connectivity index is 1.76. The summed E-state index contributed by atoms with van der Waals surface area (Å²) in [5, 5.41) is 2.93. The third-order valence-corrected chi connectivity index (χ3v) is 3.99. The first kappa shape index (κ1) is 16.3. The molecule has 0 aromatic heterocycles.